The molecule has 25 heavy (non-hydrogen) atoms. The smallest absolute Gasteiger partial charge is 0.412 e. The van der Waals surface area contributed by atoms with Crippen molar-refractivity contribution < 1.29 is 9.53 Å². The number of carbonyl (C=O) groups excluding carboxylic acids is 1. The number of thiazole rings is 1. The molecule has 7 heteroatoms. The number of pyridine rings is 1. The highest BCUT2D eigenvalue weighted by Crippen LogP contribution is 2.36. The van der Waals surface area contributed by atoms with Crippen LogP contribution in [0.1, 0.15) is 57.1 Å². The molecule has 1 atom stereocenters. The standard InChI is InChI=1S/C18H26N4O2S/c1-11(22-8-6-7-9-22)14-13(21-17(23)24-18(3,4)5)10-19-16-15(14)20-12(2)25-16/h10-11H,6-9H2,1-5H3,(H,21,23). The zero-order valence-corrected chi connectivity index (χ0v) is 16.4. The van der Waals surface area contributed by atoms with Gasteiger partial charge in [0.1, 0.15) is 15.9 Å². The lowest BCUT2D eigenvalue weighted by molar-refractivity contribution is 0.0635. The minimum Gasteiger partial charge on any atom is -0.444 e. The number of hydrogen-bond donors (Lipinski definition) is 1. The zero-order chi connectivity index (χ0) is 18.2. The fraction of sp³-hybridized carbons (Fsp3) is 0.611. The third kappa shape index (κ3) is 4.10. The number of aromatic nitrogens is 2. The molecule has 0 bridgehead atoms. The van der Waals surface area contributed by atoms with Crippen LogP contribution < -0.4 is 5.32 Å². The molecule has 0 spiro atoms. The molecule has 2 aromatic heterocycles. The van der Waals surface area contributed by atoms with Gasteiger partial charge in [0.15, 0.2) is 0 Å². The van der Waals surface area contributed by atoms with Gasteiger partial charge in [-0.15, -0.1) is 0 Å². The monoisotopic (exact) mass is 362 g/mol. The molecular formula is C18H26N4O2S. The van der Waals surface area contributed by atoms with Gasteiger partial charge < -0.3 is 4.74 Å². The fourth-order valence-electron chi connectivity index (χ4n) is 3.25. The first-order chi connectivity index (χ1) is 11.7. The Morgan fingerprint density at radius 3 is 2.68 bits per heavy atom. The lowest BCUT2D eigenvalue weighted by Gasteiger charge is -2.27. The molecule has 1 fully saturated rings. The van der Waals surface area contributed by atoms with Crippen LogP contribution in [-0.2, 0) is 4.74 Å². The normalized spacial score (nSPS) is 17.0. The summed E-state index contributed by atoms with van der Waals surface area (Å²) in [5.74, 6) is 0. The molecule has 3 rings (SSSR count). The van der Waals surface area contributed by atoms with Crippen molar-refractivity contribution in [2.45, 2.75) is 59.1 Å². The molecule has 1 unspecified atom stereocenters. The van der Waals surface area contributed by atoms with Gasteiger partial charge in [-0.2, -0.15) is 0 Å². The van der Waals surface area contributed by atoms with Gasteiger partial charge in [0, 0.05) is 11.6 Å². The highest BCUT2D eigenvalue weighted by molar-refractivity contribution is 7.18. The van der Waals surface area contributed by atoms with Gasteiger partial charge in [0.25, 0.3) is 0 Å². The van der Waals surface area contributed by atoms with Crippen LogP contribution in [0.15, 0.2) is 6.20 Å². The van der Waals surface area contributed by atoms with Gasteiger partial charge in [-0.3, -0.25) is 10.2 Å². The van der Waals surface area contributed by atoms with Crippen molar-refractivity contribution in [1.29, 1.82) is 0 Å². The molecule has 3 heterocycles. The molecule has 136 valence electrons. The summed E-state index contributed by atoms with van der Waals surface area (Å²) < 4.78 is 5.41. The van der Waals surface area contributed by atoms with E-state index in [-0.39, 0.29) is 6.04 Å². The quantitative estimate of drug-likeness (QED) is 0.870. The fourth-order valence-corrected chi connectivity index (χ4v) is 4.02. The number of rotatable bonds is 3. The van der Waals surface area contributed by atoms with Crippen molar-refractivity contribution in [1.82, 2.24) is 14.9 Å². The molecule has 1 aliphatic heterocycles. The van der Waals surface area contributed by atoms with Gasteiger partial charge in [0.2, 0.25) is 0 Å². The van der Waals surface area contributed by atoms with Gasteiger partial charge in [0.05, 0.1) is 16.9 Å². The Hall–Kier alpha value is -1.73. The number of fused-ring (bicyclic) bond motifs is 1. The summed E-state index contributed by atoms with van der Waals surface area (Å²) >= 11 is 1.58. The number of aryl methyl sites for hydroxylation is 1. The molecule has 1 saturated heterocycles. The van der Waals surface area contributed by atoms with Crippen LogP contribution in [0.25, 0.3) is 10.3 Å². The van der Waals surface area contributed by atoms with E-state index in [0.29, 0.717) is 5.69 Å². The van der Waals surface area contributed by atoms with E-state index >= 15 is 0 Å². The van der Waals surface area contributed by atoms with Crippen molar-refractivity contribution in [2.75, 3.05) is 18.4 Å². The summed E-state index contributed by atoms with van der Waals surface area (Å²) in [7, 11) is 0. The molecule has 0 aliphatic carbocycles. The van der Waals surface area contributed by atoms with E-state index in [1.807, 2.05) is 27.7 Å². The number of nitrogens with zero attached hydrogens (tertiary/aromatic N) is 3. The minimum atomic E-state index is -0.542. The molecular weight excluding hydrogens is 336 g/mol. The van der Waals surface area contributed by atoms with Gasteiger partial charge in [-0.25, -0.2) is 14.8 Å². The van der Waals surface area contributed by atoms with Crippen molar-refractivity contribution in [3.05, 3.63) is 16.8 Å². The Balaban J connectivity index is 1.99. The first kappa shape index (κ1) is 18.1. The molecule has 1 aliphatic rings. The van der Waals surface area contributed by atoms with E-state index in [0.717, 1.165) is 34.0 Å². The van der Waals surface area contributed by atoms with Crippen LogP contribution in [0.5, 0.6) is 0 Å². The first-order valence-electron chi connectivity index (χ1n) is 8.74. The van der Waals surface area contributed by atoms with Crippen molar-refractivity contribution in [3.63, 3.8) is 0 Å². The highest BCUT2D eigenvalue weighted by atomic mass is 32.1. The van der Waals surface area contributed by atoms with Gasteiger partial charge in [-0.1, -0.05) is 11.3 Å². The predicted octanol–water partition coefficient (Wildman–Crippen LogP) is 4.50. The number of hydrogen-bond acceptors (Lipinski definition) is 6. The summed E-state index contributed by atoms with van der Waals surface area (Å²) in [6.07, 6.45) is 3.69. The maximum atomic E-state index is 12.3. The Bertz CT molecular complexity index is 775. The number of anilines is 1. The Morgan fingerprint density at radius 2 is 2.04 bits per heavy atom. The van der Waals surface area contributed by atoms with Gasteiger partial charge in [-0.05, 0) is 60.5 Å². The number of likely N-dealkylation sites (tertiary alicyclic amines) is 1. The summed E-state index contributed by atoms with van der Waals surface area (Å²) in [5.41, 5.74) is 2.06. The van der Waals surface area contributed by atoms with E-state index < -0.39 is 11.7 Å². The molecule has 1 amide bonds. The summed E-state index contributed by atoms with van der Waals surface area (Å²) in [5, 5.41) is 3.87. The average Bonchev–Trinajstić information content (AvgIpc) is 3.12. The Labute approximate surface area is 152 Å². The van der Waals surface area contributed by atoms with Crippen LogP contribution >= 0.6 is 11.3 Å². The summed E-state index contributed by atoms with van der Waals surface area (Å²) in [4.78, 5) is 24.8. The second-order valence-electron chi connectivity index (χ2n) is 7.52. The zero-order valence-electron chi connectivity index (χ0n) is 15.5. The van der Waals surface area contributed by atoms with Crippen LogP contribution in [0, 0.1) is 6.92 Å². The van der Waals surface area contributed by atoms with E-state index in [1.54, 1.807) is 17.5 Å². The number of ether oxygens (including phenoxy) is 1. The van der Waals surface area contributed by atoms with Gasteiger partial charge >= 0.3 is 6.09 Å². The van der Waals surface area contributed by atoms with Crippen LogP contribution in [0.3, 0.4) is 0 Å². The topological polar surface area (TPSA) is 67.4 Å². The number of nitrogens with one attached hydrogen (secondary N) is 1. The van der Waals surface area contributed by atoms with Crippen LogP contribution in [0.2, 0.25) is 0 Å². The molecule has 0 radical (unpaired) electrons. The minimum absolute atomic E-state index is 0.166. The number of amides is 1. The maximum Gasteiger partial charge on any atom is 0.412 e. The van der Waals surface area contributed by atoms with Crippen LogP contribution in [0.4, 0.5) is 10.5 Å². The summed E-state index contributed by atoms with van der Waals surface area (Å²) in [6, 6.07) is 0.166. The SMILES string of the molecule is Cc1nc2c(C(C)N3CCCC3)c(NC(=O)OC(C)(C)C)cnc2s1. The molecule has 1 N–H and O–H groups in total. The second-order valence-corrected chi connectivity index (χ2v) is 8.70. The van der Waals surface area contributed by atoms with E-state index in [9.17, 15) is 4.79 Å². The Kier molecular flexibility index (Phi) is 4.97. The molecule has 2 aromatic rings. The third-order valence-corrected chi connectivity index (χ3v) is 5.19. The molecule has 6 nitrogen and oxygen atoms in total. The van der Waals surface area contributed by atoms with Crippen molar-refractivity contribution in [2.24, 2.45) is 0 Å². The first-order valence-corrected chi connectivity index (χ1v) is 9.56. The Morgan fingerprint density at radius 1 is 1.36 bits per heavy atom. The largest absolute Gasteiger partial charge is 0.444 e. The van der Waals surface area contributed by atoms with E-state index in [4.69, 9.17) is 4.74 Å². The van der Waals surface area contributed by atoms with E-state index in [2.05, 4.69) is 27.1 Å². The molecule has 0 saturated carbocycles. The third-order valence-electron chi connectivity index (χ3n) is 4.31. The second kappa shape index (κ2) is 6.88. The summed E-state index contributed by atoms with van der Waals surface area (Å²) in [6.45, 7) is 11.9. The maximum absolute atomic E-state index is 12.3. The van der Waals surface area contributed by atoms with Crippen LogP contribution in [-0.4, -0.2) is 39.7 Å². The van der Waals surface area contributed by atoms with Crippen molar-refractivity contribution >= 4 is 33.5 Å². The highest BCUT2D eigenvalue weighted by Gasteiger charge is 2.27. The lowest BCUT2D eigenvalue weighted by atomic mass is 10.1. The number of carbonyl (C=O) groups is 1. The van der Waals surface area contributed by atoms with Crippen molar-refractivity contribution in [3.8, 4) is 0 Å². The average molecular weight is 362 g/mol. The van der Waals surface area contributed by atoms with E-state index in [1.165, 1.54) is 12.8 Å². The molecule has 0 aromatic carbocycles. The predicted molar refractivity (Wildman–Crippen MR) is 101 cm³/mol. The lowest BCUT2D eigenvalue weighted by Crippen LogP contribution is -2.29.